The molecule has 0 aromatic carbocycles. The van der Waals surface area contributed by atoms with Crippen molar-refractivity contribution < 1.29 is 50.0 Å². The second-order valence-electron chi connectivity index (χ2n) is 14.7. The highest BCUT2D eigenvalue weighted by atomic mass is 16.7. The molecule has 0 unspecified atom stereocenters. The van der Waals surface area contributed by atoms with Crippen LogP contribution in [0.25, 0.3) is 0 Å². The van der Waals surface area contributed by atoms with Crippen molar-refractivity contribution in [3.8, 4) is 0 Å². The van der Waals surface area contributed by atoms with Crippen LogP contribution in [0.5, 0.6) is 0 Å². The van der Waals surface area contributed by atoms with Gasteiger partial charge in [-0.25, -0.2) is 0 Å². The molecule has 0 aromatic rings. The van der Waals surface area contributed by atoms with Crippen molar-refractivity contribution in [2.45, 2.75) is 223 Å². The highest BCUT2D eigenvalue weighted by molar-refractivity contribution is 5.80. The van der Waals surface area contributed by atoms with E-state index in [1.165, 1.54) is 89.9 Å². The van der Waals surface area contributed by atoms with Crippen LogP contribution in [-0.4, -0.2) is 110 Å². The van der Waals surface area contributed by atoms with E-state index in [2.05, 4.69) is 31.3 Å². The summed E-state index contributed by atoms with van der Waals surface area (Å²) in [6.45, 7) is 3.38. The minimum atomic E-state index is -1.66. The zero-order valence-electron chi connectivity index (χ0n) is 32.1. The second kappa shape index (κ2) is 31.2. The van der Waals surface area contributed by atoms with Gasteiger partial charge in [0.25, 0.3) is 0 Å². The number of hydrogen-bond donors (Lipinski definition) is 8. The van der Waals surface area contributed by atoms with Crippen LogP contribution in [-0.2, 0) is 14.3 Å². The van der Waals surface area contributed by atoms with Crippen molar-refractivity contribution >= 4 is 5.91 Å². The average Bonchev–Trinajstić information content (AvgIpc) is 3.13. The van der Waals surface area contributed by atoms with Gasteiger partial charge in [-0.1, -0.05) is 142 Å². The molecule has 1 saturated heterocycles. The van der Waals surface area contributed by atoms with Crippen LogP contribution >= 0.6 is 0 Å². The average molecular weight is 732 g/mol. The third-order valence-electron chi connectivity index (χ3n) is 10.1. The standard InChI is InChI=1S/C40H77NO10/c1-3-5-7-9-11-13-15-17-19-21-23-25-27-32(43)35(45)31(30-50-40-38(48)37(47)36(46)34(29-42)51-40)41-39(49)33(44)28-26-24-22-20-18-16-14-12-10-8-6-4-2/h19,21,31-38,40,42-48H,3-18,20,22-30H2,1-2H3,(H,41,49)/b21-19+/t31-,32+,33+,34+,35-,36+,37-,38+,40+/m0/s1. The van der Waals surface area contributed by atoms with Crippen molar-refractivity contribution in [1.82, 2.24) is 5.32 Å². The van der Waals surface area contributed by atoms with Gasteiger partial charge < -0.3 is 50.5 Å². The maximum atomic E-state index is 13.0. The summed E-state index contributed by atoms with van der Waals surface area (Å²) in [4.78, 5) is 13.0. The Labute approximate surface area is 309 Å². The van der Waals surface area contributed by atoms with E-state index in [9.17, 15) is 40.5 Å². The molecule has 1 aliphatic rings. The molecule has 1 fully saturated rings. The molecule has 0 radical (unpaired) electrons. The molecule has 0 aromatic heterocycles. The summed E-state index contributed by atoms with van der Waals surface area (Å²) < 4.78 is 11.0. The smallest absolute Gasteiger partial charge is 0.249 e. The molecule has 302 valence electrons. The molecule has 9 atom stereocenters. The van der Waals surface area contributed by atoms with E-state index in [4.69, 9.17) is 9.47 Å². The number of carbonyl (C=O) groups excluding carboxylic acids is 1. The second-order valence-corrected chi connectivity index (χ2v) is 14.7. The lowest BCUT2D eigenvalue weighted by atomic mass is 9.98. The number of aliphatic hydroxyl groups excluding tert-OH is 7. The first-order valence-corrected chi connectivity index (χ1v) is 20.6. The Bertz CT molecular complexity index is 846. The fraction of sp³-hybridized carbons (Fsp3) is 0.925. The minimum Gasteiger partial charge on any atom is -0.394 e. The predicted molar refractivity (Wildman–Crippen MR) is 201 cm³/mol. The Morgan fingerprint density at radius 3 is 1.69 bits per heavy atom. The SMILES string of the molecule is CCCCCCCCC/C=C/CCC[C@@H](O)[C@@H](O)[C@H](CO[C@@H]1O[C@H](CO)[C@@H](O)[C@H](O)[C@H]1O)NC(=O)[C@H](O)CCCCCCCCCCCCCC. The first kappa shape index (κ1) is 47.9. The van der Waals surface area contributed by atoms with E-state index < -0.39 is 74.2 Å². The molecule has 0 saturated carbocycles. The third kappa shape index (κ3) is 22.0. The molecular weight excluding hydrogens is 654 g/mol. The minimum absolute atomic E-state index is 0.257. The van der Waals surface area contributed by atoms with Crippen molar-refractivity contribution in [3.63, 3.8) is 0 Å². The molecule has 8 N–H and O–H groups in total. The number of allylic oxidation sites excluding steroid dienone is 2. The summed E-state index contributed by atoms with van der Waals surface area (Å²) in [7, 11) is 0. The molecule has 1 aliphatic heterocycles. The molecule has 1 rings (SSSR count). The zero-order valence-corrected chi connectivity index (χ0v) is 32.1. The van der Waals surface area contributed by atoms with Gasteiger partial charge in [-0.05, 0) is 38.5 Å². The number of nitrogens with one attached hydrogen (secondary N) is 1. The highest BCUT2D eigenvalue weighted by Gasteiger charge is 2.44. The van der Waals surface area contributed by atoms with E-state index in [-0.39, 0.29) is 12.8 Å². The van der Waals surface area contributed by atoms with Gasteiger partial charge in [-0.2, -0.15) is 0 Å². The Kier molecular flexibility index (Phi) is 29.3. The summed E-state index contributed by atoms with van der Waals surface area (Å²) >= 11 is 0. The number of ether oxygens (including phenoxy) is 2. The van der Waals surface area contributed by atoms with E-state index in [0.717, 1.165) is 38.5 Å². The first-order valence-electron chi connectivity index (χ1n) is 20.6. The number of aliphatic hydroxyl groups is 7. The monoisotopic (exact) mass is 732 g/mol. The molecular formula is C40H77NO10. The molecule has 51 heavy (non-hydrogen) atoms. The van der Waals surface area contributed by atoms with Crippen molar-refractivity contribution in [2.24, 2.45) is 0 Å². The van der Waals surface area contributed by atoms with Crippen LogP contribution in [0.2, 0.25) is 0 Å². The third-order valence-corrected chi connectivity index (χ3v) is 10.1. The van der Waals surface area contributed by atoms with Crippen LogP contribution in [0.1, 0.15) is 168 Å². The topological polar surface area (TPSA) is 189 Å². The maximum Gasteiger partial charge on any atom is 0.249 e. The molecule has 1 heterocycles. The Morgan fingerprint density at radius 1 is 0.667 bits per heavy atom. The molecule has 1 amide bonds. The van der Waals surface area contributed by atoms with Crippen molar-refractivity contribution in [2.75, 3.05) is 13.2 Å². The van der Waals surface area contributed by atoms with Crippen LogP contribution in [0, 0.1) is 0 Å². The zero-order chi connectivity index (χ0) is 37.7. The Hall–Kier alpha value is -1.15. The van der Waals surface area contributed by atoms with Crippen LogP contribution < -0.4 is 5.32 Å². The summed E-state index contributed by atoms with van der Waals surface area (Å²) in [6.07, 6.45) is 18.4. The number of hydrogen-bond acceptors (Lipinski definition) is 10. The van der Waals surface area contributed by atoms with Gasteiger partial charge in [0, 0.05) is 0 Å². The Balaban J connectivity index is 2.56. The normalized spacial score (nSPS) is 23.4. The van der Waals surface area contributed by atoms with Crippen LogP contribution in [0.4, 0.5) is 0 Å². The number of amides is 1. The van der Waals surface area contributed by atoms with E-state index >= 15 is 0 Å². The summed E-state index contributed by atoms with van der Waals surface area (Å²) in [6, 6.07) is -1.18. The van der Waals surface area contributed by atoms with Crippen LogP contribution in [0.15, 0.2) is 12.2 Å². The van der Waals surface area contributed by atoms with Crippen molar-refractivity contribution in [1.29, 1.82) is 0 Å². The quantitative estimate of drug-likeness (QED) is 0.0324. The highest BCUT2D eigenvalue weighted by Crippen LogP contribution is 2.23. The Morgan fingerprint density at radius 2 is 1.16 bits per heavy atom. The van der Waals surface area contributed by atoms with E-state index in [0.29, 0.717) is 12.8 Å². The molecule has 0 bridgehead atoms. The number of unbranched alkanes of at least 4 members (excludes halogenated alkanes) is 19. The largest absolute Gasteiger partial charge is 0.394 e. The number of rotatable bonds is 33. The van der Waals surface area contributed by atoms with Gasteiger partial charge in [0.1, 0.15) is 36.6 Å². The fourth-order valence-electron chi connectivity index (χ4n) is 6.56. The van der Waals surface area contributed by atoms with Crippen LogP contribution in [0.3, 0.4) is 0 Å². The van der Waals surface area contributed by atoms with Gasteiger partial charge in [0.15, 0.2) is 6.29 Å². The lowest BCUT2D eigenvalue weighted by Gasteiger charge is -2.40. The lowest BCUT2D eigenvalue weighted by molar-refractivity contribution is -0.303. The van der Waals surface area contributed by atoms with Gasteiger partial charge in [0.2, 0.25) is 5.91 Å². The fourth-order valence-corrected chi connectivity index (χ4v) is 6.56. The lowest BCUT2D eigenvalue weighted by Crippen LogP contribution is -2.60. The van der Waals surface area contributed by atoms with E-state index in [1.54, 1.807) is 0 Å². The number of carbonyl (C=O) groups is 1. The van der Waals surface area contributed by atoms with Gasteiger partial charge >= 0.3 is 0 Å². The summed E-state index contributed by atoms with van der Waals surface area (Å²) in [5.74, 6) is -0.708. The van der Waals surface area contributed by atoms with Gasteiger partial charge in [-0.3, -0.25) is 4.79 Å². The van der Waals surface area contributed by atoms with E-state index in [1.807, 2.05) is 0 Å². The molecule has 0 spiro atoms. The molecule has 11 nitrogen and oxygen atoms in total. The summed E-state index contributed by atoms with van der Waals surface area (Å²) in [5, 5.41) is 75.2. The van der Waals surface area contributed by atoms with Crippen molar-refractivity contribution in [3.05, 3.63) is 12.2 Å². The maximum absolute atomic E-state index is 13.0. The predicted octanol–water partition coefficient (Wildman–Crippen LogP) is 5.33. The van der Waals surface area contributed by atoms with Gasteiger partial charge in [-0.15, -0.1) is 0 Å². The van der Waals surface area contributed by atoms with Gasteiger partial charge in [0.05, 0.1) is 25.4 Å². The molecule has 0 aliphatic carbocycles. The summed E-state index contributed by atoms with van der Waals surface area (Å²) in [5.41, 5.74) is 0. The first-order chi connectivity index (χ1) is 24.7. The molecule has 11 heteroatoms.